The van der Waals surface area contributed by atoms with E-state index in [2.05, 4.69) is 0 Å². The minimum Gasteiger partial charge on any atom is -0.493 e. The van der Waals surface area contributed by atoms with Crippen LogP contribution in [0.3, 0.4) is 0 Å². The van der Waals surface area contributed by atoms with E-state index < -0.39 is 17.9 Å². The van der Waals surface area contributed by atoms with Crippen molar-refractivity contribution in [2.75, 3.05) is 27.9 Å². The Bertz CT molecular complexity index is 733. The highest BCUT2D eigenvalue weighted by Gasteiger charge is 2.40. The lowest BCUT2D eigenvalue weighted by Crippen LogP contribution is -2.50. The van der Waals surface area contributed by atoms with Crippen molar-refractivity contribution < 1.29 is 28.9 Å². The first-order valence-corrected chi connectivity index (χ1v) is 10.8. The molecule has 2 fully saturated rings. The molecule has 1 saturated carbocycles. The maximum absolute atomic E-state index is 13.8. The van der Waals surface area contributed by atoms with Crippen molar-refractivity contribution in [1.29, 1.82) is 0 Å². The summed E-state index contributed by atoms with van der Waals surface area (Å²) in [7, 11) is 4.67. The molecule has 0 aromatic heterocycles. The number of rotatable bonds is 7. The van der Waals surface area contributed by atoms with Crippen molar-refractivity contribution in [3.63, 3.8) is 0 Å². The fourth-order valence-corrected chi connectivity index (χ4v) is 5.00. The molecule has 7 heteroatoms. The second kappa shape index (κ2) is 10.0. The van der Waals surface area contributed by atoms with Crippen molar-refractivity contribution in [3.05, 3.63) is 17.7 Å². The van der Waals surface area contributed by atoms with Gasteiger partial charge in [0.2, 0.25) is 11.7 Å². The highest BCUT2D eigenvalue weighted by Crippen LogP contribution is 2.45. The van der Waals surface area contributed by atoms with Crippen molar-refractivity contribution in [1.82, 2.24) is 4.90 Å². The summed E-state index contributed by atoms with van der Waals surface area (Å²) < 4.78 is 16.5. The summed E-state index contributed by atoms with van der Waals surface area (Å²) >= 11 is 0. The van der Waals surface area contributed by atoms with Gasteiger partial charge in [-0.05, 0) is 55.7 Å². The molecule has 1 aromatic carbocycles. The number of nitrogens with zero attached hydrogens (tertiary/aromatic N) is 1. The number of benzene rings is 1. The molecule has 1 heterocycles. The molecule has 1 aromatic rings. The average molecular weight is 420 g/mol. The molecule has 1 saturated heterocycles. The molecule has 30 heavy (non-hydrogen) atoms. The summed E-state index contributed by atoms with van der Waals surface area (Å²) in [4.78, 5) is 27.2. The molecule has 1 aliphatic carbocycles. The third-order valence-corrected chi connectivity index (χ3v) is 6.50. The maximum atomic E-state index is 13.8. The number of hydrogen-bond donors (Lipinski definition) is 1. The minimum atomic E-state index is -0.921. The van der Waals surface area contributed by atoms with Crippen molar-refractivity contribution >= 4 is 11.9 Å². The van der Waals surface area contributed by atoms with Gasteiger partial charge in [0.05, 0.1) is 27.2 Å². The van der Waals surface area contributed by atoms with Crippen molar-refractivity contribution in [3.8, 4) is 17.2 Å². The Kier molecular flexibility index (Phi) is 7.45. The van der Waals surface area contributed by atoms with Crippen LogP contribution < -0.4 is 14.2 Å². The second-order valence-corrected chi connectivity index (χ2v) is 8.22. The monoisotopic (exact) mass is 419 g/mol. The van der Waals surface area contributed by atoms with E-state index in [1.165, 1.54) is 6.42 Å². The van der Waals surface area contributed by atoms with Gasteiger partial charge in [-0.15, -0.1) is 0 Å². The smallest absolute Gasteiger partial charge is 0.326 e. The van der Waals surface area contributed by atoms with Gasteiger partial charge in [0.1, 0.15) is 6.04 Å². The SMILES string of the molecule is COc1cc([C@@H](C(=O)N2CCCC[C@H]2C(=O)O)C2CCCCC2)cc(OC)c1OC. The molecule has 166 valence electrons. The zero-order valence-electron chi connectivity index (χ0n) is 18.2. The highest BCUT2D eigenvalue weighted by atomic mass is 16.5. The Balaban J connectivity index is 2.05. The quantitative estimate of drug-likeness (QED) is 0.723. The van der Waals surface area contributed by atoms with E-state index >= 15 is 0 Å². The topological polar surface area (TPSA) is 85.3 Å². The molecule has 1 N–H and O–H groups in total. The van der Waals surface area contributed by atoms with Crippen LogP contribution in [0.5, 0.6) is 17.2 Å². The number of methoxy groups -OCH3 is 3. The number of hydrogen-bond acceptors (Lipinski definition) is 5. The number of aliphatic carboxylic acids is 1. The van der Waals surface area contributed by atoms with Crippen LogP contribution in [-0.4, -0.2) is 55.8 Å². The lowest BCUT2D eigenvalue weighted by atomic mass is 9.75. The first-order chi connectivity index (χ1) is 14.5. The second-order valence-electron chi connectivity index (χ2n) is 8.22. The number of carbonyl (C=O) groups excluding carboxylic acids is 1. The van der Waals surface area contributed by atoms with Gasteiger partial charge in [0.15, 0.2) is 11.5 Å². The summed E-state index contributed by atoms with van der Waals surface area (Å²) in [6.45, 7) is 0.490. The van der Waals surface area contributed by atoms with E-state index in [4.69, 9.17) is 14.2 Å². The molecule has 1 aliphatic heterocycles. The summed E-state index contributed by atoms with van der Waals surface area (Å²) in [6, 6.07) is 2.94. The Morgan fingerprint density at radius 2 is 1.53 bits per heavy atom. The van der Waals surface area contributed by atoms with Gasteiger partial charge < -0.3 is 24.2 Å². The predicted molar refractivity (Wildman–Crippen MR) is 112 cm³/mol. The number of ether oxygens (including phenoxy) is 3. The van der Waals surface area contributed by atoms with Crippen LogP contribution in [0.1, 0.15) is 62.8 Å². The van der Waals surface area contributed by atoms with Gasteiger partial charge in [-0.1, -0.05) is 19.3 Å². The molecule has 0 unspecified atom stereocenters. The zero-order valence-corrected chi connectivity index (χ0v) is 18.2. The summed E-state index contributed by atoms with van der Waals surface area (Å²) in [5, 5.41) is 9.70. The van der Waals surface area contributed by atoms with Gasteiger partial charge >= 0.3 is 5.97 Å². The standard InChI is InChI=1S/C23H33NO6/c1-28-18-13-16(14-19(29-2)21(18)30-3)20(15-9-5-4-6-10-15)22(25)24-12-8-7-11-17(24)23(26)27/h13-15,17,20H,4-12H2,1-3H3,(H,26,27)/t17-,20-/m0/s1. The minimum absolute atomic E-state index is 0.0942. The largest absolute Gasteiger partial charge is 0.493 e. The normalized spacial score (nSPS) is 21.0. The van der Waals surface area contributed by atoms with E-state index in [0.29, 0.717) is 30.2 Å². The summed E-state index contributed by atoms with van der Waals surface area (Å²) in [5.74, 6) is 0.241. The Morgan fingerprint density at radius 3 is 2.07 bits per heavy atom. The number of carboxylic acid groups (broad SMARTS) is 1. The van der Waals surface area contributed by atoms with Gasteiger partial charge in [-0.2, -0.15) is 0 Å². The van der Waals surface area contributed by atoms with E-state index in [-0.39, 0.29) is 11.8 Å². The highest BCUT2D eigenvalue weighted by molar-refractivity contribution is 5.89. The van der Waals surface area contributed by atoms with Crippen LogP contribution in [0, 0.1) is 5.92 Å². The first kappa shape index (κ1) is 22.2. The number of carbonyl (C=O) groups is 2. The zero-order chi connectivity index (χ0) is 21.7. The maximum Gasteiger partial charge on any atom is 0.326 e. The third-order valence-electron chi connectivity index (χ3n) is 6.50. The lowest BCUT2D eigenvalue weighted by Gasteiger charge is -2.39. The molecule has 0 radical (unpaired) electrons. The first-order valence-electron chi connectivity index (χ1n) is 10.8. The Labute approximate surface area is 178 Å². The average Bonchev–Trinajstić information content (AvgIpc) is 2.79. The Morgan fingerprint density at radius 1 is 0.933 bits per heavy atom. The predicted octanol–water partition coefficient (Wildman–Crippen LogP) is 3.84. The fourth-order valence-electron chi connectivity index (χ4n) is 5.00. The van der Waals surface area contributed by atoms with Crippen LogP contribution in [0.2, 0.25) is 0 Å². The van der Waals surface area contributed by atoms with Gasteiger partial charge in [-0.3, -0.25) is 4.79 Å². The van der Waals surface area contributed by atoms with E-state index in [9.17, 15) is 14.7 Å². The van der Waals surface area contributed by atoms with Crippen LogP contribution in [0.4, 0.5) is 0 Å². The molecule has 0 spiro atoms. The lowest BCUT2D eigenvalue weighted by molar-refractivity contribution is -0.153. The summed E-state index contributed by atoms with van der Waals surface area (Å²) in [6.07, 6.45) is 7.43. The molecular weight excluding hydrogens is 386 g/mol. The molecular formula is C23H33NO6. The number of carboxylic acids is 1. The molecule has 2 aliphatic rings. The van der Waals surface area contributed by atoms with Crippen LogP contribution in [-0.2, 0) is 9.59 Å². The number of amides is 1. The van der Waals surface area contributed by atoms with E-state index in [1.54, 1.807) is 26.2 Å². The van der Waals surface area contributed by atoms with Crippen LogP contribution in [0.25, 0.3) is 0 Å². The molecule has 2 atom stereocenters. The number of piperidine rings is 1. The number of likely N-dealkylation sites (tertiary alicyclic amines) is 1. The van der Waals surface area contributed by atoms with Gasteiger partial charge in [0.25, 0.3) is 0 Å². The fraction of sp³-hybridized carbons (Fsp3) is 0.652. The van der Waals surface area contributed by atoms with E-state index in [1.807, 2.05) is 12.1 Å². The van der Waals surface area contributed by atoms with Crippen molar-refractivity contribution in [2.24, 2.45) is 5.92 Å². The van der Waals surface area contributed by atoms with E-state index in [0.717, 1.165) is 44.1 Å². The van der Waals surface area contributed by atoms with Gasteiger partial charge in [-0.25, -0.2) is 4.79 Å². The summed E-state index contributed by atoms with van der Waals surface area (Å²) in [5.41, 5.74) is 0.802. The third kappa shape index (κ3) is 4.50. The molecule has 0 bridgehead atoms. The Hall–Kier alpha value is -2.44. The van der Waals surface area contributed by atoms with Gasteiger partial charge in [0, 0.05) is 6.54 Å². The molecule has 7 nitrogen and oxygen atoms in total. The van der Waals surface area contributed by atoms with Crippen molar-refractivity contribution in [2.45, 2.75) is 63.3 Å². The molecule has 3 rings (SSSR count). The van der Waals surface area contributed by atoms with Crippen LogP contribution >= 0.6 is 0 Å². The molecule has 1 amide bonds. The van der Waals surface area contributed by atoms with Crippen LogP contribution in [0.15, 0.2) is 12.1 Å².